The maximum atomic E-state index is 13.9. The minimum atomic E-state index is -1.10. The fraction of sp³-hybridized carbons (Fsp3) is 0. The molecule has 0 aliphatic rings. The van der Waals surface area contributed by atoms with Gasteiger partial charge in [0.15, 0.2) is 0 Å². The lowest BCUT2D eigenvalue weighted by molar-refractivity contribution is -0.131. The van der Waals surface area contributed by atoms with Crippen LogP contribution in [-0.2, 0) is 4.79 Å². The first-order valence-electron chi connectivity index (χ1n) is 5.53. The molecule has 0 unspecified atom stereocenters. The highest BCUT2D eigenvalue weighted by Crippen LogP contribution is 2.24. The average molecular weight is 260 g/mol. The molecule has 0 fully saturated rings. The van der Waals surface area contributed by atoms with Crippen molar-refractivity contribution in [3.05, 3.63) is 65.7 Å². The number of carboxylic acid groups (broad SMARTS) is 1. The van der Waals surface area contributed by atoms with E-state index in [1.54, 1.807) is 12.1 Å². The van der Waals surface area contributed by atoms with Crippen molar-refractivity contribution in [2.24, 2.45) is 0 Å². The summed E-state index contributed by atoms with van der Waals surface area (Å²) >= 11 is 0. The maximum Gasteiger partial charge on any atom is 0.328 e. The Morgan fingerprint density at radius 1 is 1.11 bits per heavy atom. The number of hydrogen-bond donors (Lipinski definition) is 1. The Hall–Kier alpha value is -2.49. The van der Waals surface area contributed by atoms with Crippen molar-refractivity contribution in [3.8, 4) is 11.1 Å². The highest BCUT2D eigenvalue weighted by Gasteiger charge is 2.06. The molecular weight excluding hydrogens is 250 g/mol. The predicted octanol–water partition coefficient (Wildman–Crippen LogP) is 3.73. The van der Waals surface area contributed by atoms with Crippen LogP contribution in [0.4, 0.5) is 8.78 Å². The molecule has 4 heteroatoms. The van der Waals surface area contributed by atoms with Crippen molar-refractivity contribution in [3.63, 3.8) is 0 Å². The average Bonchev–Trinajstić information content (AvgIpc) is 2.36. The van der Waals surface area contributed by atoms with Gasteiger partial charge in [-0.05, 0) is 35.4 Å². The molecule has 2 aromatic rings. The van der Waals surface area contributed by atoms with Crippen LogP contribution in [0, 0.1) is 11.6 Å². The number of rotatable bonds is 3. The van der Waals surface area contributed by atoms with Crippen molar-refractivity contribution in [1.82, 2.24) is 0 Å². The van der Waals surface area contributed by atoms with E-state index in [-0.39, 0.29) is 5.56 Å². The zero-order valence-electron chi connectivity index (χ0n) is 9.81. The lowest BCUT2D eigenvalue weighted by Crippen LogP contribution is -1.88. The van der Waals surface area contributed by atoms with Gasteiger partial charge in [-0.25, -0.2) is 13.6 Å². The highest BCUT2D eigenvalue weighted by atomic mass is 19.1. The van der Waals surface area contributed by atoms with Gasteiger partial charge in [0.05, 0.1) is 0 Å². The molecule has 0 aromatic heterocycles. The first-order chi connectivity index (χ1) is 9.06. The number of carbonyl (C=O) groups is 1. The molecule has 0 bridgehead atoms. The molecule has 0 radical (unpaired) electrons. The summed E-state index contributed by atoms with van der Waals surface area (Å²) in [4.78, 5) is 10.4. The van der Waals surface area contributed by atoms with Crippen molar-refractivity contribution < 1.29 is 18.7 Å². The number of benzene rings is 2. The monoisotopic (exact) mass is 260 g/mol. The molecule has 2 aromatic carbocycles. The summed E-state index contributed by atoms with van der Waals surface area (Å²) in [5, 5.41) is 8.49. The van der Waals surface area contributed by atoms with Gasteiger partial charge in [0.2, 0.25) is 0 Å². The zero-order valence-corrected chi connectivity index (χ0v) is 9.81. The van der Waals surface area contributed by atoms with Gasteiger partial charge in [0.25, 0.3) is 0 Å². The van der Waals surface area contributed by atoms with E-state index in [0.717, 1.165) is 6.08 Å². The van der Waals surface area contributed by atoms with Gasteiger partial charge in [-0.3, -0.25) is 0 Å². The fourth-order valence-electron chi connectivity index (χ4n) is 1.69. The van der Waals surface area contributed by atoms with Gasteiger partial charge in [-0.1, -0.05) is 24.3 Å². The molecule has 96 valence electrons. The molecule has 2 nitrogen and oxygen atoms in total. The van der Waals surface area contributed by atoms with Gasteiger partial charge in [0.1, 0.15) is 11.6 Å². The Morgan fingerprint density at radius 2 is 1.89 bits per heavy atom. The molecule has 1 N–H and O–H groups in total. The standard InChI is InChI=1S/C15H10F2O2/c16-12-3-1-2-11(9-12)13-6-4-10(8-14(13)17)5-7-15(18)19/h1-9H,(H,18,19). The van der Waals surface area contributed by atoms with Crippen molar-refractivity contribution >= 4 is 12.0 Å². The van der Waals surface area contributed by atoms with E-state index < -0.39 is 17.6 Å². The van der Waals surface area contributed by atoms with Crippen LogP contribution in [0.25, 0.3) is 17.2 Å². The molecule has 0 atom stereocenters. The van der Waals surface area contributed by atoms with Gasteiger partial charge in [-0.15, -0.1) is 0 Å². The number of hydrogen-bond acceptors (Lipinski definition) is 1. The quantitative estimate of drug-likeness (QED) is 0.854. The summed E-state index contributed by atoms with van der Waals surface area (Å²) < 4.78 is 27.0. The molecule has 0 saturated carbocycles. The van der Waals surface area contributed by atoms with E-state index in [2.05, 4.69) is 0 Å². The van der Waals surface area contributed by atoms with Gasteiger partial charge < -0.3 is 5.11 Å². The Balaban J connectivity index is 2.37. The smallest absolute Gasteiger partial charge is 0.328 e. The zero-order chi connectivity index (χ0) is 13.8. The minimum absolute atomic E-state index is 0.270. The molecule has 0 saturated heterocycles. The van der Waals surface area contributed by atoms with E-state index in [1.807, 2.05) is 0 Å². The highest BCUT2D eigenvalue weighted by molar-refractivity contribution is 5.85. The maximum absolute atomic E-state index is 13.9. The second-order valence-corrected chi connectivity index (χ2v) is 3.92. The van der Waals surface area contributed by atoms with Crippen LogP contribution in [0.1, 0.15) is 5.56 Å². The molecule has 0 spiro atoms. The Morgan fingerprint density at radius 3 is 2.53 bits per heavy atom. The third kappa shape index (κ3) is 3.25. The van der Waals surface area contributed by atoms with Crippen LogP contribution < -0.4 is 0 Å². The summed E-state index contributed by atoms with van der Waals surface area (Å²) in [6.45, 7) is 0. The molecule has 2 rings (SSSR count). The lowest BCUT2D eigenvalue weighted by atomic mass is 10.0. The molecule has 19 heavy (non-hydrogen) atoms. The summed E-state index contributed by atoms with van der Waals surface area (Å²) in [5.74, 6) is -2.07. The van der Waals surface area contributed by atoms with Crippen molar-refractivity contribution in [2.75, 3.05) is 0 Å². The first kappa shape index (κ1) is 13.0. The lowest BCUT2D eigenvalue weighted by Gasteiger charge is -2.04. The first-order valence-corrected chi connectivity index (χ1v) is 5.53. The number of aliphatic carboxylic acids is 1. The van der Waals surface area contributed by atoms with Crippen LogP contribution in [0.5, 0.6) is 0 Å². The Labute approximate surface area is 108 Å². The topological polar surface area (TPSA) is 37.3 Å². The van der Waals surface area contributed by atoms with E-state index in [0.29, 0.717) is 11.1 Å². The van der Waals surface area contributed by atoms with Crippen LogP contribution in [0.15, 0.2) is 48.5 Å². The van der Waals surface area contributed by atoms with Crippen LogP contribution >= 0.6 is 0 Å². The summed E-state index contributed by atoms with van der Waals surface area (Å²) in [7, 11) is 0. The largest absolute Gasteiger partial charge is 0.478 e. The normalized spacial score (nSPS) is 10.8. The Kier molecular flexibility index (Phi) is 3.71. The van der Waals surface area contributed by atoms with E-state index in [1.165, 1.54) is 36.4 Å². The van der Waals surface area contributed by atoms with Crippen LogP contribution in [0.2, 0.25) is 0 Å². The molecule has 0 heterocycles. The minimum Gasteiger partial charge on any atom is -0.478 e. The summed E-state index contributed by atoms with van der Waals surface area (Å²) in [6, 6.07) is 9.90. The van der Waals surface area contributed by atoms with Crippen molar-refractivity contribution in [1.29, 1.82) is 0 Å². The SMILES string of the molecule is O=C(O)C=Cc1ccc(-c2cccc(F)c2)c(F)c1. The molecule has 0 amide bonds. The van der Waals surface area contributed by atoms with E-state index >= 15 is 0 Å². The second kappa shape index (κ2) is 5.44. The van der Waals surface area contributed by atoms with Gasteiger partial charge in [0, 0.05) is 11.6 Å². The molecule has 0 aliphatic carbocycles. The Bertz CT molecular complexity index is 648. The second-order valence-electron chi connectivity index (χ2n) is 3.92. The number of halogens is 2. The number of carboxylic acids is 1. The predicted molar refractivity (Wildman–Crippen MR) is 68.5 cm³/mol. The van der Waals surface area contributed by atoms with Crippen molar-refractivity contribution in [2.45, 2.75) is 0 Å². The summed E-state index contributed by atoms with van der Waals surface area (Å²) in [5.41, 5.74) is 1.14. The van der Waals surface area contributed by atoms with Gasteiger partial charge in [-0.2, -0.15) is 0 Å². The summed E-state index contributed by atoms with van der Waals surface area (Å²) in [6.07, 6.45) is 2.22. The third-order valence-electron chi connectivity index (χ3n) is 2.55. The van der Waals surface area contributed by atoms with Crippen LogP contribution in [-0.4, -0.2) is 11.1 Å². The third-order valence-corrected chi connectivity index (χ3v) is 2.55. The molecular formula is C15H10F2O2. The van der Waals surface area contributed by atoms with Gasteiger partial charge >= 0.3 is 5.97 Å². The fourth-order valence-corrected chi connectivity index (χ4v) is 1.69. The van der Waals surface area contributed by atoms with Crippen LogP contribution in [0.3, 0.4) is 0 Å². The molecule has 0 aliphatic heterocycles. The van der Waals surface area contributed by atoms with E-state index in [9.17, 15) is 13.6 Å². The van der Waals surface area contributed by atoms with E-state index in [4.69, 9.17) is 5.11 Å².